The summed E-state index contributed by atoms with van der Waals surface area (Å²) in [5.74, 6) is 1.74. The molecule has 0 aromatic heterocycles. The molecule has 4 unspecified atom stereocenters. The van der Waals surface area contributed by atoms with Gasteiger partial charge >= 0.3 is 89.6 Å². The Balaban J connectivity index is 2.54. The van der Waals surface area contributed by atoms with E-state index in [0.29, 0.717) is 6.04 Å². The molecule has 1 saturated carbocycles. The summed E-state index contributed by atoms with van der Waals surface area (Å²) < 4.78 is 0.911. The molecular weight excluding hydrogens is 253 g/mol. The molecule has 1 rings (SSSR count). The normalized spacial score (nSPS) is 36.0. The Morgan fingerprint density at radius 2 is 1.67 bits per heavy atom. The third-order valence-corrected chi connectivity index (χ3v) is 4.41. The van der Waals surface area contributed by atoms with Crippen LogP contribution in [0.15, 0.2) is 0 Å². The van der Waals surface area contributed by atoms with Gasteiger partial charge in [-0.1, -0.05) is 0 Å². The predicted octanol–water partition coefficient (Wildman–Crippen LogP) is 2.12. The fraction of sp³-hybridized carbons (Fsp3) is 1.00. The van der Waals surface area contributed by atoms with Crippen LogP contribution in [-0.2, 0) is 0 Å². The molecule has 1 aliphatic carbocycles. The van der Waals surface area contributed by atoms with Crippen LogP contribution in [0.2, 0.25) is 3.93 Å². The molecule has 12 heavy (non-hydrogen) atoms. The first kappa shape index (κ1) is 10.8. The van der Waals surface area contributed by atoms with E-state index in [1.807, 2.05) is 0 Å². The zero-order chi connectivity index (χ0) is 9.14. The number of hydrogen-bond donors (Lipinski definition) is 1. The van der Waals surface area contributed by atoms with E-state index in [9.17, 15) is 0 Å². The van der Waals surface area contributed by atoms with Gasteiger partial charge < -0.3 is 0 Å². The van der Waals surface area contributed by atoms with Crippen molar-refractivity contribution in [3.8, 4) is 0 Å². The summed E-state index contributed by atoms with van der Waals surface area (Å²) in [5.41, 5.74) is 6.01. The third kappa shape index (κ3) is 2.62. The van der Waals surface area contributed by atoms with Gasteiger partial charge in [-0.15, -0.1) is 0 Å². The van der Waals surface area contributed by atoms with Crippen LogP contribution in [0.1, 0.15) is 39.5 Å². The van der Waals surface area contributed by atoms with Gasteiger partial charge in [0.1, 0.15) is 0 Å². The molecule has 2 N–H and O–H groups in total. The maximum absolute atomic E-state index is 6.01. The molecule has 0 aromatic rings. The first-order chi connectivity index (χ1) is 5.63. The molecule has 0 aromatic carbocycles. The molecule has 1 nitrogen and oxygen atoms in total. The second-order valence-electron chi connectivity index (χ2n) is 4.26. The van der Waals surface area contributed by atoms with Crippen LogP contribution in [0.25, 0.3) is 0 Å². The fourth-order valence-electron chi connectivity index (χ4n) is 2.46. The SMILES string of the molecule is CC(N)C1CCCCC1[CH](C)[Sn]. The van der Waals surface area contributed by atoms with E-state index in [1.165, 1.54) is 25.7 Å². The second kappa shape index (κ2) is 4.85. The molecule has 1 aliphatic rings. The fourth-order valence-corrected chi connectivity index (χ4v) is 3.64. The van der Waals surface area contributed by atoms with Gasteiger partial charge in [-0.25, -0.2) is 0 Å². The van der Waals surface area contributed by atoms with Gasteiger partial charge in [0.2, 0.25) is 0 Å². The van der Waals surface area contributed by atoms with E-state index in [4.69, 9.17) is 5.73 Å². The van der Waals surface area contributed by atoms with Crippen molar-refractivity contribution in [1.82, 2.24) is 0 Å². The Bertz CT molecular complexity index is 118. The van der Waals surface area contributed by atoms with Gasteiger partial charge in [0.15, 0.2) is 0 Å². The Kier molecular flexibility index (Phi) is 4.38. The summed E-state index contributed by atoms with van der Waals surface area (Å²) >= 11 is 1.69. The number of rotatable bonds is 2. The van der Waals surface area contributed by atoms with E-state index in [2.05, 4.69) is 13.8 Å². The monoisotopic (exact) mass is 274 g/mol. The van der Waals surface area contributed by atoms with Crippen molar-refractivity contribution in [2.75, 3.05) is 0 Å². The summed E-state index contributed by atoms with van der Waals surface area (Å²) in [4.78, 5) is 0. The summed E-state index contributed by atoms with van der Waals surface area (Å²) in [6.45, 7) is 4.56. The van der Waals surface area contributed by atoms with Gasteiger partial charge in [-0.3, -0.25) is 0 Å². The quantitative estimate of drug-likeness (QED) is 0.766. The molecule has 0 spiro atoms. The first-order valence-electron chi connectivity index (χ1n) is 5.09. The number of hydrogen-bond acceptors (Lipinski definition) is 1. The van der Waals surface area contributed by atoms with Crippen molar-refractivity contribution in [2.45, 2.75) is 49.5 Å². The maximum atomic E-state index is 6.01. The number of nitrogens with two attached hydrogens (primary N) is 1. The summed E-state index contributed by atoms with van der Waals surface area (Å²) in [6, 6.07) is 0.415. The molecule has 69 valence electrons. The minimum atomic E-state index is 0.415. The molecule has 1 fully saturated rings. The Labute approximate surface area is 89.6 Å². The molecule has 0 aliphatic heterocycles. The van der Waals surface area contributed by atoms with E-state index in [-0.39, 0.29) is 0 Å². The van der Waals surface area contributed by atoms with Crippen molar-refractivity contribution in [3.05, 3.63) is 0 Å². The summed E-state index contributed by atoms with van der Waals surface area (Å²) in [5, 5.41) is 0. The minimum absolute atomic E-state index is 0.415. The molecule has 3 radical (unpaired) electrons. The average Bonchev–Trinajstić information content (AvgIpc) is 2.04. The Morgan fingerprint density at radius 3 is 2.00 bits per heavy atom. The standard InChI is InChI=1S/C10H20N.Sn/c1-3-9-6-4-5-7-10(9)8(2)11;/h3,8-10H,4-7,11H2,1-2H3;. The zero-order valence-electron chi connectivity index (χ0n) is 8.22. The molecule has 2 heteroatoms. The van der Waals surface area contributed by atoms with Crippen molar-refractivity contribution < 1.29 is 0 Å². The summed E-state index contributed by atoms with van der Waals surface area (Å²) in [7, 11) is 0. The van der Waals surface area contributed by atoms with Crippen LogP contribution >= 0.6 is 0 Å². The van der Waals surface area contributed by atoms with E-state index >= 15 is 0 Å². The Hall–Kier alpha value is 0.759. The van der Waals surface area contributed by atoms with Gasteiger partial charge in [-0.2, -0.15) is 0 Å². The van der Waals surface area contributed by atoms with Crippen LogP contribution in [0.4, 0.5) is 0 Å². The van der Waals surface area contributed by atoms with Crippen molar-refractivity contribution in [1.29, 1.82) is 0 Å². The predicted molar refractivity (Wildman–Crippen MR) is 54.3 cm³/mol. The van der Waals surface area contributed by atoms with Crippen molar-refractivity contribution in [3.63, 3.8) is 0 Å². The van der Waals surface area contributed by atoms with Crippen LogP contribution in [0.5, 0.6) is 0 Å². The van der Waals surface area contributed by atoms with Gasteiger partial charge in [-0.05, 0) is 0 Å². The zero-order valence-corrected chi connectivity index (χ0v) is 11.1. The van der Waals surface area contributed by atoms with E-state index in [0.717, 1.165) is 15.8 Å². The van der Waals surface area contributed by atoms with Gasteiger partial charge in [0.05, 0.1) is 0 Å². The van der Waals surface area contributed by atoms with Gasteiger partial charge in [0.25, 0.3) is 0 Å². The van der Waals surface area contributed by atoms with E-state index < -0.39 is 0 Å². The van der Waals surface area contributed by atoms with Crippen molar-refractivity contribution in [2.24, 2.45) is 17.6 Å². The second-order valence-corrected chi connectivity index (χ2v) is 6.86. The molecule has 0 bridgehead atoms. The molecular formula is C10H20NSn. The van der Waals surface area contributed by atoms with Crippen LogP contribution in [0, 0.1) is 11.8 Å². The first-order valence-corrected chi connectivity index (χ1v) is 6.74. The van der Waals surface area contributed by atoms with Crippen LogP contribution < -0.4 is 5.73 Å². The van der Waals surface area contributed by atoms with Crippen LogP contribution in [0.3, 0.4) is 0 Å². The topological polar surface area (TPSA) is 26.0 Å². The van der Waals surface area contributed by atoms with Gasteiger partial charge in [0, 0.05) is 0 Å². The van der Waals surface area contributed by atoms with E-state index in [1.54, 1.807) is 22.5 Å². The molecule has 0 amide bonds. The van der Waals surface area contributed by atoms with Crippen molar-refractivity contribution >= 4 is 22.5 Å². The van der Waals surface area contributed by atoms with Crippen LogP contribution in [-0.4, -0.2) is 28.6 Å². The summed E-state index contributed by atoms with van der Waals surface area (Å²) in [6.07, 6.45) is 5.65. The average molecular weight is 273 g/mol. The molecule has 0 heterocycles. The Morgan fingerprint density at radius 1 is 1.17 bits per heavy atom. The molecule has 0 saturated heterocycles. The molecule has 4 atom stereocenters. The third-order valence-electron chi connectivity index (χ3n) is 3.19.